The fourth-order valence-electron chi connectivity index (χ4n) is 4.42. The van der Waals surface area contributed by atoms with E-state index in [9.17, 15) is 29.0 Å². The number of allylic oxidation sites excluding steroid dienone is 2. The molecule has 2 N–H and O–H groups in total. The number of rotatable bonds is 6. The minimum atomic E-state index is -1.45. The molecule has 1 heterocycles. The van der Waals surface area contributed by atoms with Crippen molar-refractivity contribution < 1.29 is 29.0 Å². The van der Waals surface area contributed by atoms with Crippen LogP contribution < -0.4 is 0 Å². The SMILES string of the molecule is CC1C(C(=O)O)=CC=CC1(C(=O)O)N1CCC(C(=O)Cc2cccc(F)c2)CC1. The molecule has 1 fully saturated rings. The number of benzene rings is 1. The fourth-order valence-corrected chi connectivity index (χ4v) is 4.42. The molecule has 1 aromatic carbocycles. The zero-order valence-corrected chi connectivity index (χ0v) is 16.2. The van der Waals surface area contributed by atoms with Gasteiger partial charge in [-0.1, -0.05) is 37.3 Å². The van der Waals surface area contributed by atoms with Gasteiger partial charge in [-0.2, -0.15) is 0 Å². The third-order valence-corrected chi connectivity index (χ3v) is 6.08. The van der Waals surface area contributed by atoms with Crippen molar-refractivity contribution in [2.24, 2.45) is 11.8 Å². The molecule has 0 amide bonds. The molecule has 2 unspecified atom stereocenters. The average Bonchev–Trinajstić information content (AvgIpc) is 2.68. The number of halogens is 1. The van der Waals surface area contributed by atoms with E-state index in [0.717, 1.165) is 0 Å². The molecule has 2 aliphatic rings. The minimum Gasteiger partial charge on any atom is -0.480 e. The summed E-state index contributed by atoms with van der Waals surface area (Å²) in [5, 5.41) is 19.4. The first-order chi connectivity index (χ1) is 13.8. The highest BCUT2D eigenvalue weighted by molar-refractivity contribution is 5.93. The molecule has 0 radical (unpaired) electrons. The van der Waals surface area contributed by atoms with Crippen LogP contribution in [0.1, 0.15) is 25.3 Å². The number of carboxylic acids is 2. The number of nitrogens with zero attached hydrogens (tertiary/aromatic N) is 1. The van der Waals surface area contributed by atoms with Crippen LogP contribution in [0.3, 0.4) is 0 Å². The monoisotopic (exact) mass is 401 g/mol. The molecule has 1 saturated heterocycles. The second-order valence-corrected chi connectivity index (χ2v) is 7.67. The lowest BCUT2D eigenvalue weighted by atomic mass is 9.74. The topological polar surface area (TPSA) is 94.9 Å². The van der Waals surface area contributed by atoms with E-state index in [1.165, 1.54) is 24.3 Å². The smallest absolute Gasteiger partial charge is 0.331 e. The lowest BCUT2D eigenvalue weighted by Gasteiger charge is -2.46. The Bertz CT molecular complexity index is 885. The van der Waals surface area contributed by atoms with Gasteiger partial charge in [0.05, 0.1) is 0 Å². The maximum absolute atomic E-state index is 13.3. The largest absolute Gasteiger partial charge is 0.480 e. The van der Waals surface area contributed by atoms with Crippen molar-refractivity contribution in [1.29, 1.82) is 0 Å². The third kappa shape index (κ3) is 4.00. The quantitative estimate of drug-likeness (QED) is 0.761. The standard InChI is InChI=1S/C22H24FNO5/c1-14-18(20(26)27)6-3-9-22(14,21(28)29)24-10-7-16(8-11-24)19(25)13-15-4-2-5-17(23)12-15/h2-6,9,12,14,16H,7-8,10-11,13H2,1H3,(H,26,27)(H,28,29). The normalized spacial score (nSPS) is 25.4. The summed E-state index contributed by atoms with van der Waals surface area (Å²) in [6, 6.07) is 5.96. The molecule has 1 aromatic rings. The zero-order valence-electron chi connectivity index (χ0n) is 16.2. The number of ketones is 1. The zero-order chi connectivity index (χ0) is 21.2. The second kappa shape index (κ2) is 8.29. The van der Waals surface area contributed by atoms with Gasteiger partial charge in [0.25, 0.3) is 0 Å². The lowest BCUT2D eigenvalue weighted by Crippen LogP contribution is -2.61. The minimum absolute atomic E-state index is 0.0120. The van der Waals surface area contributed by atoms with Crippen molar-refractivity contribution in [2.45, 2.75) is 31.7 Å². The molecule has 3 rings (SSSR count). The van der Waals surface area contributed by atoms with Gasteiger partial charge in [-0.05, 0) is 30.5 Å². The van der Waals surface area contributed by atoms with Gasteiger partial charge in [-0.3, -0.25) is 9.69 Å². The molecule has 0 saturated carbocycles. The number of carboxylic acid groups (broad SMARTS) is 2. The maximum atomic E-state index is 13.3. The van der Waals surface area contributed by atoms with Gasteiger partial charge in [0.15, 0.2) is 0 Å². The number of hydrogen-bond acceptors (Lipinski definition) is 4. The van der Waals surface area contributed by atoms with Crippen LogP contribution in [0, 0.1) is 17.7 Å². The summed E-state index contributed by atoms with van der Waals surface area (Å²) >= 11 is 0. The Kier molecular flexibility index (Phi) is 5.98. The second-order valence-electron chi connectivity index (χ2n) is 7.67. The summed E-state index contributed by atoms with van der Waals surface area (Å²) in [4.78, 5) is 38.1. The molecular formula is C22H24FNO5. The number of carbonyl (C=O) groups is 3. The van der Waals surface area contributed by atoms with Crippen molar-refractivity contribution in [3.63, 3.8) is 0 Å². The Labute approximate surface area is 168 Å². The highest BCUT2D eigenvalue weighted by Gasteiger charge is 2.51. The Morgan fingerprint density at radius 1 is 1.21 bits per heavy atom. The summed E-state index contributed by atoms with van der Waals surface area (Å²) in [5.41, 5.74) is -0.766. The molecule has 6 nitrogen and oxygen atoms in total. The van der Waals surface area contributed by atoms with Gasteiger partial charge in [-0.15, -0.1) is 0 Å². The molecule has 0 bridgehead atoms. The van der Waals surface area contributed by atoms with Gasteiger partial charge in [-0.25, -0.2) is 14.0 Å². The van der Waals surface area contributed by atoms with E-state index in [1.807, 2.05) is 0 Å². The van der Waals surface area contributed by atoms with E-state index in [2.05, 4.69) is 0 Å². The number of Topliss-reactive ketones (excluding diaryl/α,β-unsaturated/α-hetero) is 1. The Balaban J connectivity index is 1.71. The molecule has 2 atom stereocenters. The first kappa shape index (κ1) is 20.9. The van der Waals surface area contributed by atoms with Crippen molar-refractivity contribution in [1.82, 2.24) is 4.90 Å². The number of likely N-dealkylation sites (tertiary alicyclic amines) is 1. The summed E-state index contributed by atoms with van der Waals surface area (Å²) in [6.07, 6.45) is 5.57. The fraction of sp³-hybridized carbons (Fsp3) is 0.409. The van der Waals surface area contributed by atoms with Crippen LogP contribution in [-0.2, 0) is 20.8 Å². The lowest BCUT2D eigenvalue weighted by molar-refractivity contribution is -0.152. The number of piperidine rings is 1. The van der Waals surface area contributed by atoms with E-state index in [0.29, 0.717) is 31.5 Å². The molecular weight excluding hydrogens is 377 g/mol. The molecule has 154 valence electrons. The predicted molar refractivity (Wildman–Crippen MR) is 104 cm³/mol. The predicted octanol–water partition coefficient (Wildman–Crippen LogP) is 2.69. The number of aliphatic carboxylic acids is 2. The first-order valence-electron chi connectivity index (χ1n) is 9.64. The van der Waals surface area contributed by atoms with Gasteiger partial charge in [0, 0.05) is 36.9 Å². The van der Waals surface area contributed by atoms with Gasteiger partial charge in [0.2, 0.25) is 0 Å². The van der Waals surface area contributed by atoms with Gasteiger partial charge >= 0.3 is 11.9 Å². The molecule has 1 aliphatic carbocycles. The number of carbonyl (C=O) groups excluding carboxylic acids is 1. The van der Waals surface area contributed by atoms with Crippen LogP contribution in [0.2, 0.25) is 0 Å². The van der Waals surface area contributed by atoms with Gasteiger partial charge < -0.3 is 10.2 Å². The van der Waals surface area contributed by atoms with Crippen LogP contribution in [-0.4, -0.2) is 51.5 Å². The Morgan fingerprint density at radius 2 is 1.90 bits per heavy atom. The molecule has 0 spiro atoms. The van der Waals surface area contributed by atoms with Crippen molar-refractivity contribution in [3.8, 4) is 0 Å². The molecule has 1 aliphatic heterocycles. The van der Waals surface area contributed by atoms with Crippen LogP contribution in [0.25, 0.3) is 0 Å². The van der Waals surface area contributed by atoms with E-state index < -0.39 is 23.4 Å². The Hall–Kier alpha value is -2.80. The highest BCUT2D eigenvalue weighted by atomic mass is 19.1. The van der Waals surface area contributed by atoms with Crippen molar-refractivity contribution >= 4 is 17.7 Å². The first-order valence-corrected chi connectivity index (χ1v) is 9.64. The molecule has 29 heavy (non-hydrogen) atoms. The van der Waals surface area contributed by atoms with Crippen LogP contribution >= 0.6 is 0 Å². The maximum Gasteiger partial charge on any atom is 0.331 e. The van der Waals surface area contributed by atoms with Gasteiger partial charge in [0.1, 0.15) is 17.1 Å². The molecule has 7 heteroatoms. The average molecular weight is 401 g/mol. The van der Waals surface area contributed by atoms with Crippen LogP contribution in [0.5, 0.6) is 0 Å². The van der Waals surface area contributed by atoms with Crippen molar-refractivity contribution in [3.05, 3.63) is 59.4 Å². The Morgan fingerprint density at radius 3 is 2.48 bits per heavy atom. The summed E-state index contributed by atoms with van der Waals surface area (Å²) in [7, 11) is 0. The summed E-state index contributed by atoms with van der Waals surface area (Å²) in [5.74, 6) is -3.56. The summed E-state index contributed by atoms with van der Waals surface area (Å²) in [6.45, 7) is 2.35. The van der Waals surface area contributed by atoms with E-state index in [1.54, 1.807) is 30.0 Å². The van der Waals surface area contributed by atoms with Crippen molar-refractivity contribution in [2.75, 3.05) is 13.1 Å². The third-order valence-electron chi connectivity index (χ3n) is 6.08. The molecule has 0 aromatic heterocycles. The van der Waals surface area contributed by atoms with Crippen LogP contribution in [0.4, 0.5) is 4.39 Å². The van der Waals surface area contributed by atoms with Crippen LogP contribution in [0.15, 0.2) is 48.1 Å². The number of hydrogen-bond donors (Lipinski definition) is 2. The van der Waals surface area contributed by atoms with E-state index >= 15 is 0 Å². The van der Waals surface area contributed by atoms with E-state index in [4.69, 9.17) is 0 Å². The highest BCUT2D eigenvalue weighted by Crippen LogP contribution is 2.38. The summed E-state index contributed by atoms with van der Waals surface area (Å²) < 4.78 is 13.3. The van der Waals surface area contributed by atoms with E-state index in [-0.39, 0.29) is 29.5 Å².